The molecule has 0 aromatic heterocycles. The van der Waals surface area contributed by atoms with Gasteiger partial charge in [0.25, 0.3) is 10.0 Å². The number of hydrogen-bond donors (Lipinski definition) is 2. The second-order valence-corrected chi connectivity index (χ2v) is 6.23. The molecule has 0 saturated carbocycles. The summed E-state index contributed by atoms with van der Waals surface area (Å²) in [5.74, 6) is 0.485. The molecule has 1 fully saturated rings. The summed E-state index contributed by atoms with van der Waals surface area (Å²) in [5.41, 5.74) is 0.683. The number of piperidine rings is 1. The van der Waals surface area contributed by atoms with Crippen molar-refractivity contribution >= 4 is 28.3 Å². The highest BCUT2D eigenvalue weighted by molar-refractivity contribution is 7.90. The van der Waals surface area contributed by atoms with Crippen molar-refractivity contribution in [3.8, 4) is 0 Å². The van der Waals surface area contributed by atoms with Gasteiger partial charge in [-0.3, -0.25) is 9.71 Å². The van der Waals surface area contributed by atoms with Crippen LogP contribution < -0.4 is 10.0 Å². The molecule has 0 amide bonds. The Morgan fingerprint density at radius 1 is 1.26 bits per heavy atom. The van der Waals surface area contributed by atoms with Crippen LogP contribution in [-0.4, -0.2) is 33.4 Å². The van der Waals surface area contributed by atoms with Crippen LogP contribution in [0.5, 0.6) is 0 Å². The van der Waals surface area contributed by atoms with Crippen molar-refractivity contribution in [3.63, 3.8) is 0 Å². The monoisotopic (exact) mass is 301 g/mol. The van der Waals surface area contributed by atoms with E-state index in [-0.39, 0.29) is 18.4 Å². The predicted octanol–water partition coefficient (Wildman–Crippen LogP) is 0.899. The van der Waals surface area contributed by atoms with Gasteiger partial charge in [0.1, 0.15) is 5.84 Å². The minimum Gasteiger partial charge on any atom is -0.315 e. The Bertz CT molecular complexity index is 595. The number of nitrogens with zero attached hydrogens (tertiary/aromatic N) is 1. The molecule has 0 spiro atoms. The second kappa shape index (κ2) is 5.48. The van der Waals surface area contributed by atoms with Crippen LogP contribution in [0.15, 0.2) is 34.2 Å². The third-order valence-electron chi connectivity index (χ3n) is 3.25. The molecule has 2 N–H and O–H groups in total. The van der Waals surface area contributed by atoms with E-state index in [2.05, 4.69) is 15.0 Å². The van der Waals surface area contributed by atoms with E-state index in [4.69, 9.17) is 0 Å². The van der Waals surface area contributed by atoms with E-state index in [0.717, 1.165) is 25.9 Å². The molecule has 1 aromatic rings. The second-order valence-electron chi connectivity index (χ2n) is 4.58. The fourth-order valence-electron chi connectivity index (χ4n) is 2.36. The topological polar surface area (TPSA) is 70.6 Å². The number of fused-ring (bicyclic) bond motifs is 1. The number of hydrogen-bond acceptors (Lipinski definition) is 4. The van der Waals surface area contributed by atoms with Gasteiger partial charge in [0, 0.05) is 12.1 Å². The van der Waals surface area contributed by atoms with E-state index < -0.39 is 10.0 Å². The van der Waals surface area contributed by atoms with Crippen LogP contribution in [0.4, 0.5) is 0 Å². The number of amidine groups is 1. The van der Waals surface area contributed by atoms with Gasteiger partial charge in [-0.2, -0.15) is 0 Å². The van der Waals surface area contributed by atoms with E-state index in [1.807, 2.05) is 6.07 Å². The number of sulfonamides is 1. The van der Waals surface area contributed by atoms with Gasteiger partial charge in [0.2, 0.25) is 0 Å². The van der Waals surface area contributed by atoms with E-state index in [0.29, 0.717) is 16.3 Å². The summed E-state index contributed by atoms with van der Waals surface area (Å²) in [6.07, 6.45) is 2.08. The predicted molar refractivity (Wildman–Crippen MR) is 76.4 cm³/mol. The van der Waals surface area contributed by atoms with Gasteiger partial charge in [-0.1, -0.05) is 12.1 Å². The zero-order chi connectivity index (χ0) is 12.6. The van der Waals surface area contributed by atoms with Crippen LogP contribution in [0, 0.1) is 0 Å². The van der Waals surface area contributed by atoms with Gasteiger partial charge in [-0.25, -0.2) is 8.42 Å². The summed E-state index contributed by atoms with van der Waals surface area (Å²) >= 11 is 0. The molecule has 1 atom stereocenters. The molecule has 0 bridgehead atoms. The highest BCUT2D eigenvalue weighted by Crippen LogP contribution is 2.23. The Hall–Kier alpha value is -1.11. The van der Waals surface area contributed by atoms with Gasteiger partial charge < -0.3 is 5.32 Å². The van der Waals surface area contributed by atoms with Crippen LogP contribution in [0.1, 0.15) is 18.4 Å². The normalized spacial score (nSPS) is 26.3. The molecule has 1 unspecified atom stereocenters. The van der Waals surface area contributed by atoms with Crippen LogP contribution >= 0.6 is 12.4 Å². The van der Waals surface area contributed by atoms with Crippen molar-refractivity contribution in [1.82, 2.24) is 10.0 Å². The first kappa shape index (κ1) is 14.3. The third kappa shape index (κ3) is 2.75. The summed E-state index contributed by atoms with van der Waals surface area (Å²) < 4.78 is 26.3. The average Bonchev–Trinajstić information content (AvgIpc) is 2.63. The average molecular weight is 302 g/mol. The van der Waals surface area contributed by atoms with E-state index in [9.17, 15) is 8.42 Å². The van der Waals surface area contributed by atoms with Crippen LogP contribution in [0.2, 0.25) is 0 Å². The van der Waals surface area contributed by atoms with Crippen molar-refractivity contribution in [2.75, 3.05) is 13.1 Å². The molecular weight excluding hydrogens is 286 g/mol. The number of aliphatic imine (C=N–C) groups is 1. The lowest BCUT2D eigenvalue weighted by Gasteiger charge is -2.19. The molecule has 0 radical (unpaired) electrons. The Balaban J connectivity index is 0.00000133. The van der Waals surface area contributed by atoms with E-state index >= 15 is 0 Å². The Labute approximate surface area is 119 Å². The Morgan fingerprint density at radius 3 is 2.79 bits per heavy atom. The SMILES string of the molecule is Cl.O=S1(=O)NC(=NC2CCCNC2)c2ccccc21. The lowest BCUT2D eigenvalue weighted by atomic mass is 10.1. The molecule has 104 valence electrons. The molecule has 7 heteroatoms. The number of benzene rings is 1. The summed E-state index contributed by atoms with van der Waals surface area (Å²) in [5, 5.41) is 3.27. The van der Waals surface area contributed by atoms with Gasteiger partial charge >= 0.3 is 0 Å². The zero-order valence-electron chi connectivity index (χ0n) is 10.3. The fraction of sp³-hybridized carbons (Fsp3) is 0.417. The fourth-order valence-corrected chi connectivity index (χ4v) is 3.60. The molecule has 2 aliphatic heterocycles. The van der Waals surface area contributed by atoms with Gasteiger partial charge in [0.05, 0.1) is 10.9 Å². The highest BCUT2D eigenvalue weighted by Gasteiger charge is 2.30. The number of nitrogens with one attached hydrogen (secondary N) is 2. The summed E-state index contributed by atoms with van der Waals surface area (Å²) in [6.45, 7) is 1.83. The first-order valence-electron chi connectivity index (χ1n) is 6.07. The molecule has 0 aliphatic carbocycles. The molecule has 1 saturated heterocycles. The number of halogens is 1. The van der Waals surface area contributed by atoms with Crippen molar-refractivity contribution in [2.24, 2.45) is 4.99 Å². The Kier molecular flexibility index (Phi) is 4.13. The summed E-state index contributed by atoms with van der Waals surface area (Å²) in [7, 11) is -3.41. The van der Waals surface area contributed by atoms with Gasteiger partial charge in [0.15, 0.2) is 0 Å². The van der Waals surface area contributed by atoms with Crippen LogP contribution in [-0.2, 0) is 10.0 Å². The minimum absolute atomic E-state index is 0. The molecule has 5 nitrogen and oxygen atoms in total. The molecule has 2 heterocycles. The minimum atomic E-state index is -3.41. The standard InChI is InChI=1S/C12H15N3O2S.ClH/c16-18(17)11-6-2-1-5-10(11)12(15-18)14-9-4-3-7-13-8-9;/h1-2,5-6,9,13H,3-4,7-8H2,(H,14,15);1H. The molecule has 1 aromatic carbocycles. The maximum atomic E-state index is 11.9. The van der Waals surface area contributed by atoms with Gasteiger partial charge in [-0.15, -0.1) is 12.4 Å². The van der Waals surface area contributed by atoms with Crippen LogP contribution in [0.3, 0.4) is 0 Å². The first-order chi connectivity index (χ1) is 8.67. The highest BCUT2D eigenvalue weighted by atomic mass is 35.5. The van der Waals surface area contributed by atoms with Crippen molar-refractivity contribution in [1.29, 1.82) is 0 Å². The third-order valence-corrected chi connectivity index (χ3v) is 4.64. The van der Waals surface area contributed by atoms with E-state index in [1.54, 1.807) is 18.2 Å². The molecule has 3 rings (SSSR count). The van der Waals surface area contributed by atoms with Crippen molar-refractivity contribution in [3.05, 3.63) is 29.8 Å². The summed E-state index contributed by atoms with van der Waals surface area (Å²) in [4.78, 5) is 4.86. The lowest BCUT2D eigenvalue weighted by molar-refractivity contribution is 0.460. The zero-order valence-corrected chi connectivity index (χ0v) is 11.9. The van der Waals surface area contributed by atoms with Crippen molar-refractivity contribution in [2.45, 2.75) is 23.8 Å². The lowest BCUT2D eigenvalue weighted by Crippen LogP contribution is -2.34. The smallest absolute Gasteiger partial charge is 0.263 e. The Morgan fingerprint density at radius 2 is 2.05 bits per heavy atom. The molecule has 19 heavy (non-hydrogen) atoms. The van der Waals surface area contributed by atoms with Gasteiger partial charge in [-0.05, 0) is 31.5 Å². The quantitative estimate of drug-likeness (QED) is 0.809. The molecule has 2 aliphatic rings. The molecular formula is C12H16ClN3O2S. The van der Waals surface area contributed by atoms with Crippen LogP contribution in [0.25, 0.3) is 0 Å². The summed E-state index contributed by atoms with van der Waals surface area (Å²) in [6, 6.07) is 7.11. The maximum absolute atomic E-state index is 11.9. The number of rotatable bonds is 1. The van der Waals surface area contributed by atoms with Crippen molar-refractivity contribution < 1.29 is 8.42 Å². The maximum Gasteiger partial charge on any atom is 0.263 e. The first-order valence-corrected chi connectivity index (χ1v) is 7.56. The largest absolute Gasteiger partial charge is 0.315 e. The van der Waals surface area contributed by atoms with E-state index in [1.165, 1.54) is 0 Å².